The number of carbonyl (C=O) groups is 3. The highest BCUT2D eigenvalue weighted by Gasteiger charge is 2.26. The van der Waals surface area contributed by atoms with Crippen LogP contribution in [0.4, 0.5) is 17.1 Å². The number of ether oxygens (including phenoxy) is 1. The Morgan fingerprint density at radius 2 is 1.70 bits per heavy atom. The van der Waals surface area contributed by atoms with Crippen LogP contribution in [-0.4, -0.2) is 81.5 Å². The van der Waals surface area contributed by atoms with Crippen molar-refractivity contribution in [2.24, 2.45) is 0 Å². The van der Waals surface area contributed by atoms with Gasteiger partial charge < -0.3 is 30.1 Å². The van der Waals surface area contributed by atoms with Gasteiger partial charge in [0.2, 0.25) is 12.3 Å². The van der Waals surface area contributed by atoms with Crippen molar-refractivity contribution in [3.63, 3.8) is 0 Å². The molecule has 3 aromatic rings. The van der Waals surface area contributed by atoms with E-state index < -0.39 is 5.97 Å². The molecule has 9 heteroatoms. The van der Waals surface area contributed by atoms with Gasteiger partial charge in [-0.15, -0.1) is 0 Å². The summed E-state index contributed by atoms with van der Waals surface area (Å²) in [7, 11) is 3.46. The Morgan fingerprint density at radius 3 is 2.42 bits per heavy atom. The Labute approximate surface area is 253 Å². The van der Waals surface area contributed by atoms with Gasteiger partial charge in [0, 0.05) is 74.0 Å². The molecule has 2 amide bonds. The first-order chi connectivity index (χ1) is 20.9. The molecule has 0 aliphatic carbocycles. The molecule has 0 saturated carbocycles. The average Bonchev–Trinajstić information content (AvgIpc) is 3.46. The molecule has 2 heterocycles. The Hall–Kier alpha value is -4.47. The van der Waals surface area contributed by atoms with Gasteiger partial charge in [-0.2, -0.15) is 0 Å². The van der Waals surface area contributed by atoms with E-state index in [0.29, 0.717) is 30.6 Å². The first-order valence-electron chi connectivity index (χ1n) is 14.7. The fraction of sp³-hybridized carbons (Fsp3) is 0.324. The number of methoxy groups -OCH3 is 1. The molecule has 2 N–H and O–H groups in total. The highest BCUT2D eigenvalue weighted by atomic mass is 16.5. The molecule has 1 fully saturated rings. The van der Waals surface area contributed by atoms with Crippen molar-refractivity contribution < 1.29 is 19.1 Å². The van der Waals surface area contributed by atoms with Gasteiger partial charge in [-0.3, -0.25) is 9.59 Å². The van der Waals surface area contributed by atoms with Gasteiger partial charge in [0.1, 0.15) is 0 Å². The van der Waals surface area contributed by atoms with Crippen molar-refractivity contribution >= 4 is 46.6 Å². The largest absolute Gasteiger partial charge is 0.465 e. The monoisotopic (exact) mass is 581 g/mol. The Morgan fingerprint density at radius 1 is 0.930 bits per heavy atom. The molecule has 3 aromatic carbocycles. The average molecular weight is 582 g/mol. The van der Waals surface area contributed by atoms with Gasteiger partial charge >= 0.3 is 5.97 Å². The number of hydrogen-bond acceptors (Lipinski definition) is 7. The Kier molecular flexibility index (Phi) is 9.54. The third-order valence-corrected chi connectivity index (χ3v) is 8.28. The van der Waals surface area contributed by atoms with E-state index in [1.165, 1.54) is 7.11 Å². The predicted molar refractivity (Wildman–Crippen MR) is 171 cm³/mol. The molecule has 0 unspecified atom stereocenters. The number of allylic oxidation sites excluding steroid dienone is 1. The summed E-state index contributed by atoms with van der Waals surface area (Å²) in [5.41, 5.74) is 7.34. The van der Waals surface area contributed by atoms with Crippen molar-refractivity contribution in [3.8, 4) is 0 Å². The maximum atomic E-state index is 13.2. The summed E-state index contributed by atoms with van der Waals surface area (Å²) in [6.07, 6.45) is 1.92. The van der Waals surface area contributed by atoms with E-state index in [2.05, 4.69) is 33.5 Å². The van der Waals surface area contributed by atoms with Gasteiger partial charge in [0.15, 0.2) is 0 Å². The van der Waals surface area contributed by atoms with Crippen molar-refractivity contribution in [3.05, 3.63) is 89.0 Å². The minimum Gasteiger partial charge on any atom is -0.465 e. The van der Waals surface area contributed by atoms with E-state index in [1.807, 2.05) is 60.4 Å². The van der Waals surface area contributed by atoms with E-state index in [1.54, 1.807) is 12.1 Å². The normalized spacial score (nSPS) is 15.8. The molecule has 0 aromatic heterocycles. The minimum absolute atomic E-state index is 0.171. The summed E-state index contributed by atoms with van der Waals surface area (Å²) in [5.74, 6) is -0.307. The summed E-state index contributed by atoms with van der Waals surface area (Å²) in [4.78, 5) is 43.4. The van der Waals surface area contributed by atoms with Crippen LogP contribution in [0, 0.1) is 0 Å². The first-order valence-corrected chi connectivity index (χ1v) is 14.7. The van der Waals surface area contributed by atoms with Crippen LogP contribution < -0.4 is 15.5 Å². The number of carbonyl (C=O) groups excluding carboxylic acids is 3. The van der Waals surface area contributed by atoms with Gasteiger partial charge in [-0.1, -0.05) is 36.4 Å². The number of likely N-dealkylation sites (N-methyl/N-ethyl adjacent to an activating group) is 1. The molecular formula is C34H39N5O4. The first kappa shape index (κ1) is 30.0. The summed E-state index contributed by atoms with van der Waals surface area (Å²) in [6.45, 7) is 7.57. The maximum Gasteiger partial charge on any atom is 0.337 e. The fourth-order valence-corrected chi connectivity index (χ4v) is 5.76. The highest BCUT2D eigenvalue weighted by Crippen LogP contribution is 2.35. The maximum absolute atomic E-state index is 13.2. The molecule has 0 bridgehead atoms. The lowest BCUT2D eigenvalue weighted by atomic mass is 9.97. The van der Waals surface area contributed by atoms with E-state index in [-0.39, 0.29) is 5.91 Å². The number of esters is 1. The molecule has 0 atom stereocenters. The Balaban J connectivity index is 1.39. The smallest absolute Gasteiger partial charge is 0.337 e. The van der Waals surface area contributed by atoms with Crippen molar-refractivity contribution in [2.75, 3.05) is 69.0 Å². The number of amides is 2. The van der Waals surface area contributed by atoms with Crippen molar-refractivity contribution in [2.45, 2.75) is 19.8 Å². The van der Waals surface area contributed by atoms with Crippen molar-refractivity contribution in [1.29, 1.82) is 0 Å². The predicted octanol–water partition coefficient (Wildman–Crippen LogP) is 4.57. The van der Waals surface area contributed by atoms with Crippen LogP contribution in [0.5, 0.6) is 0 Å². The van der Waals surface area contributed by atoms with Crippen LogP contribution in [0.2, 0.25) is 0 Å². The summed E-state index contributed by atoms with van der Waals surface area (Å²) >= 11 is 0. The lowest BCUT2D eigenvalue weighted by molar-refractivity contribution is -0.119. The lowest BCUT2D eigenvalue weighted by Gasteiger charge is -2.32. The number of hydrogen-bond donors (Lipinski definition) is 2. The summed E-state index contributed by atoms with van der Waals surface area (Å²) in [6, 6.07) is 21.2. The number of rotatable bonds is 10. The van der Waals surface area contributed by atoms with Crippen LogP contribution in [-0.2, 0) is 20.7 Å². The number of fused-ring (bicyclic) bond motifs is 1. The molecule has 2 aliphatic rings. The minimum atomic E-state index is -0.478. The SMILES string of the molecule is COC(=O)c1ccc(/C(C)=C(/Nc2ccc3c(c2)CCN3C(=O)CCN2CCN(C)CC2)c2ccccc2)c(NC=O)c1. The molecule has 224 valence electrons. The summed E-state index contributed by atoms with van der Waals surface area (Å²) in [5, 5.41) is 6.35. The van der Waals surface area contributed by atoms with Crippen LogP contribution >= 0.6 is 0 Å². The third-order valence-electron chi connectivity index (χ3n) is 8.28. The van der Waals surface area contributed by atoms with E-state index in [4.69, 9.17) is 4.74 Å². The zero-order chi connectivity index (χ0) is 30.3. The molecule has 1 saturated heterocycles. The number of anilines is 3. The summed E-state index contributed by atoms with van der Waals surface area (Å²) < 4.78 is 4.86. The zero-order valence-corrected chi connectivity index (χ0v) is 25.1. The van der Waals surface area contributed by atoms with Gasteiger partial charge in [0.05, 0.1) is 12.7 Å². The zero-order valence-electron chi connectivity index (χ0n) is 25.1. The Bertz CT molecular complexity index is 1510. The van der Waals surface area contributed by atoms with E-state index in [0.717, 1.165) is 78.5 Å². The van der Waals surface area contributed by atoms with Crippen LogP contribution in [0.25, 0.3) is 11.3 Å². The third kappa shape index (κ3) is 6.96. The molecule has 2 aliphatic heterocycles. The molecule has 43 heavy (non-hydrogen) atoms. The van der Waals surface area contributed by atoms with Gasteiger partial charge in [-0.05, 0) is 67.4 Å². The second-order valence-electron chi connectivity index (χ2n) is 11.0. The molecule has 0 spiro atoms. The second-order valence-corrected chi connectivity index (χ2v) is 11.0. The second kappa shape index (κ2) is 13.7. The van der Waals surface area contributed by atoms with Gasteiger partial charge in [-0.25, -0.2) is 4.79 Å². The van der Waals surface area contributed by atoms with Gasteiger partial charge in [0.25, 0.3) is 0 Å². The number of benzene rings is 3. The molecule has 5 rings (SSSR count). The number of nitrogens with one attached hydrogen (secondary N) is 2. The van der Waals surface area contributed by atoms with Crippen LogP contribution in [0.15, 0.2) is 66.7 Å². The fourth-order valence-electron chi connectivity index (χ4n) is 5.76. The topological polar surface area (TPSA) is 94.2 Å². The highest BCUT2D eigenvalue weighted by molar-refractivity contribution is 6.01. The van der Waals surface area contributed by atoms with E-state index in [9.17, 15) is 14.4 Å². The van der Waals surface area contributed by atoms with E-state index >= 15 is 0 Å². The molecule has 0 radical (unpaired) electrons. The van der Waals surface area contributed by atoms with Crippen LogP contribution in [0.3, 0.4) is 0 Å². The standard InChI is InChI=1S/C34H39N5O4/c1-24(29-11-9-27(34(42)43-3)22-30(29)35-23-40)33(25-7-5-4-6-8-25)36-28-10-12-31-26(21-28)13-16-39(31)32(41)14-15-38-19-17-37(2)18-20-38/h4-12,21-23,36H,13-20H2,1-3H3,(H,35,40)/b33-24+. The number of piperazine rings is 1. The van der Waals surface area contributed by atoms with Crippen LogP contribution in [0.1, 0.15) is 40.4 Å². The molecule has 9 nitrogen and oxygen atoms in total. The quantitative estimate of drug-likeness (QED) is 0.206. The van der Waals surface area contributed by atoms with Crippen molar-refractivity contribution in [1.82, 2.24) is 9.80 Å². The molecular weight excluding hydrogens is 542 g/mol. The number of nitrogens with zero attached hydrogens (tertiary/aromatic N) is 3. The lowest BCUT2D eigenvalue weighted by Crippen LogP contribution is -2.45.